The van der Waals surface area contributed by atoms with Gasteiger partial charge in [-0.3, -0.25) is 9.59 Å². The van der Waals surface area contributed by atoms with Crippen LogP contribution in [0.4, 0.5) is 0 Å². The van der Waals surface area contributed by atoms with Crippen molar-refractivity contribution >= 4 is 11.8 Å². The molecular weight excluding hydrogens is 368 g/mol. The third-order valence-corrected chi connectivity index (χ3v) is 8.22. The Bertz CT molecular complexity index is 591. The summed E-state index contributed by atoms with van der Waals surface area (Å²) in [5, 5.41) is 14.6. The summed E-state index contributed by atoms with van der Waals surface area (Å²) < 4.78 is 5.02. The number of ether oxygens (including phenoxy) is 1. The Morgan fingerprint density at radius 1 is 1.24 bits per heavy atom. The number of likely N-dealkylation sites (tertiary alicyclic amines) is 1. The second-order valence-corrected chi connectivity index (χ2v) is 10.0. The summed E-state index contributed by atoms with van der Waals surface area (Å²) >= 11 is 0. The van der Waals surface area contributed by atoms with Gasteiger partial charge in [-0.15, -0.1) is 0 Å². The van der Waals surface area contributed by atoms with E-state index in [0.29, 0.717) is 13.0 Å². The summed E-state index contributed by atoms with van der Waals surface area (Å²) in [6, 6.07) is 0.0791. The number of carbonyl (C=O) groups is 2. The normalized spacial score (nSPS) is 38.4. The van der Waals surface area contributed by atoms with Gasteiger partial charge in [-0.25, -0.2) is 0 Å². The Morgan fingerprint density at radius 2 is 1.90 bits per heavy atom. The van der Waals surface area contributed by atoms with Crippen LogP contribution in [0.15, 0.2) is 0 Å². The van der Waals surface area contributed by atoms with Gasteiger partial charge in [0.15, 0.2) is 0 Å². The summed E-state index contributed by atoms with van der Waals surface area (Å²) in [5.74, 6) is 0.390. The van der Waals surface area contributed by atoms with E-state index in [0.717, 1.165) is 51.6 Å². The molecule has 29 heavy (non-hydrogen) atoms. The number of aliphatic hydroxyl groups excluding tert-OH is 1. The van der Waals surface area contributed by atoms with Gasteiger partial charge in [0.2, 0.25) is 11.8 Å². The van der Waals surface area contributed by atoms with Gasteiger partial charge >= 0.3 is 0 Å². The van der Waals surface area contributed by atoms with E-state index in [1.165, 1.54) is 0 Å². The first-order valence-corrected chi connectivity index (χ1v) is 11.5. The third-order valence-electron chi connectivity index (χ3n) is 8.22. The van der Waals surface area contributed by atoms with Crippen molar-refractivity contribution in [1.29, 1.82) is 0 Å². The van der Waals surface area contributed by atoms with Crippen LogP contribution in [0.25, 0.3) is 0 Å². The molecule has 2 aliphatic carbocycles. The van der Waals surface area contributed by atoms with E-state index in [-0.39, 0.29) is 46.9 Å². The Morgan fingerprint density at radius 3 is 2.55 bits per heavy atom. The molecule has 1 aliphatic heterocycles. The lowest BCUT2D eigenvalue weighted by molar-refractivity contribution is -0.150. The van der Waals surface area contributed by atoms with Crippen molar-refractivity contribution in [3.63, 3.8) is 0 Å². The van der Waals surface area contributed by atoms with Gasteiger partial charge in [-0.05, 0) is 61.7 Å². The number of rotatable bonds is 6. The molecule has 6 heteroatoms. The predicted octanol–water partition coefficient (Wildman–Crippen LogP) is 2.59. The van der Waals surface area contributed by atoms with Crippen molar-refractivity contribution in [1.82, 2.24) is 10.2 Å². The zero-order valence-corrected chi connectivity index (χ0v) is 18.7. The molecule has 7 atom stereocenters. The van der Waals surface area contributed by atoms with Crippen LogP contribution in [0.1, 0.15) is 65.7 Å². The van der Waals surface area contributed by atoms with Crippen LogP contribution in [0.2, 0.25) is 0 Å². The molecular formula is C23H40N2O4. The summed E-state index contributed by atoms with van der Waals surface area (Å²) in [4.78, 5) is 27.2. The number of methoxy groups -OCH3 is 1. The smallest absolute Gasteiger partial charge is 0.225 e. The molecule has 0 aromatic heterocycles. The van der Waals surface area contributed by atoms with Gasteiger partial charge in [0.1, 0.15) is 0 Å². The lowest BCUT2D eigenvalue weighted by Gasteiger charge is -2.56. The highest BCUT2D eigenvalue weighted by molar-refractivity contribution is 5.79. The van der Waals surface area contributed by atoms with Crippen molar-refractivity contribution in [2.45, 2.75) is 77.9 Å². The summed E-state index contributed by atoms with van der Waals surface area (Å²) in [5.41, 5.74) is 0.0828. The number of nitrogens with zero attached hydrogens (tertiary/aromatic N) is 1. The fourth-order valence-corrected chi connectivity index (χ4v) is 6.38. The van der Waals surface area contributed by atoms with Crippen molar-refractivity contribution < 1.29 is 19.4 Å². The number of hydrogen-bond donors (Lipinski definition) is 2. The Balaban J connectivity index is 1.69. The standard InChI is InChI=1S/C23H40N2O4/c1-15(22(28)25-12-5-6-13-25)17-7-10-23(3)11-8-18(16(2)20(23)21(17)27)24-19(26)9-14-29-4/h15-18,20-21,27H,5-14H2,1-4H3,(H,24,26). The van der Waals surface area contributed by atoms with Gasteiger partial charge in [0, 0.05) is 38.6 Å². The van der Waals surface area contributed by atoms with Gasteiger partial charge in [0.25, 0.3) is 0 Å². The molecule has 0 aromatic rings. The van der Waals surface area contributed by atoms with Crippen molar-refractivity contribution in [3.8, 4) is 0 Å². The highest BCUT2D eigenvalue weighted by Crippen LogP contribution is 2.55. The third kappa shape index (κ3) is 4.63. The Hall–Kier alpha value is -1.14. The topological polar surface area (TPSA) is 78.9 Å². The minimum atomic E-state index is -0.496. The lowest BCUT2D eigenvalue weighted by Crippen LogP contribution is -2.58. The molecule has 2 saturated carbocycles. The van der Waals surface area contributed by atoms with E-state index in [9.17, 15) is 14.7 Å². The van der Waals surface area contributed by atoms with Crippen LogP contribution >= 0.6 is 0 Å². The summed E-state index contributed by atoms with van der Waals surface area (Å²) in [6.07, 6.45) is 5.97. The monoisotopic (exact) mass is 408 g/mol. The average Bonchev–Trinajstić information content (AvgIpc) is 3.22. The molecule has 166 valence electrons. The van der Waals surface area contributed by atoms with Crippen LogP contribution in [0, 0.1) is 29.1 Å². The van der Waals surface area contributed by atoms with Crippen molar-refractivity contribution in [2.75, 3.05) is 26.8 Å². The number of aliphatic hydroxyl groups is 1. The summed E-state index contributed by atoms with van der Waals surface area (Å²) in [7, 11) is 1.60. The maximum absolute atomic E-state index is 13.0. The van der Waals surface area contributed by atoms with Gasteiger partial charge in [-0.1, -0.05) is 20.8 Å². The fourth-order valence-electron chi connectivity index (χ4n) is 6.38. The maximum Gasteiger partial charge on any atom is 0.225 e. The van der Waals surface area contributed by atoms with E-state index < -0.39 is 6.10 Å². The van der Waals surface area contributed by atoms with E-state index >= 15 is 0 Å². The maximum atomic E-state index is 13.0. The van der Waals surface area contributed by atoms with Crippen LogP contribution < -0.4 is 5.32 Å². The quantitative estimate of drug-likeness (QED) is 0.708. The summed E-state index contributed by atoms with van der Waals surface area (Å²) in [6.45, 7) is 8.62. The van der Waals surface area contributed by atoms with Gasteiger partial charge in [0.05, 0.1) is 12.7 Å². The van der Waals surface area contributed by atoms with Crippen LogP contribution in [0.5, 0.6) is 0 Å². The molecule has 0 aromatic carbocycles. The minimum absolute atomic E-state index is 0.00608. The number of amides is 2. The van der Waals surface area contributed by atoms with E-state index in [1.807, 2.05) is 11.8 Å². The zero-order chi connectivity index (χ0) is 21.2. The molecule has 3 fully saturated rings. The molecule has 0 bridgehead atoms. The first-order chi connectivity index (χ1) is 13.8. The van der Waals surface area contributed by atoms with Crippen LogP contribution in [-0.4, -0.2) is 60.8 Å². The van der Waals surface area contributed by atoms with Crippen LogP contribution in [-0.2, 0) is 14.3 Å². The number of carbonyl (C=O) groups excluding carboxylic acids is 2. The first kappa shape index (κ1) is 22.5. The zero-order valence-electron chi connectivity index (χ0n) is 18.7. The predicted molar refractivity (Wildman–Crippen MR) is 112 cm³/mol. The molecule has 7 unspecified atom stereocenters. The van der Waals surface area contributed by atoms with Crippen molar-refractivity contribution in [2.24, 2.45) is 29.1 Å². The van der Waals surface area contributed by atoms with Crippen molar-refractivity contribution in [3.05, 3.63) is 0 Å². The molecule has 2 N–H and O–H groups in total. The minimum Gasteiger partial charge on any atom is -0.392 e. The second kappa shape index (κ2) is 9.34. The Labute approximate surface area is 175 Å². The molecule has 1 saturated heterocycles. The molecule has 2 amide bonds. The number of hydrogen-bond acceptors (Lipinski definition) is 4. The van der Waals surface area contributed by atoms with E-state index in [4.69, 9.17) is 4.74 Å². The van der Waals surface area contributed by atoms with E-state index in [1.54, 1.807) is 7.11 Å². The lowest BCUT2D eigenvalue weighted by atomic mass is 9.51. The van der Waals surface area contributed by atoms with Gasteiger partial charge < -0.3 is 20.1 Å². The molecule has 1 heterocycles. The Kier molecular flexibility index (Phi) is 7.26. The fraction of sp³-hybridized carbons (Fsp3) is 0.913. The van der Waals surface area contributed by atoms with Crippen LogP contribution in [0.3, 0.4) is 0 Å². The molecule has 6 nitrogen and oxygen atoms in total. The largest absolute Gasteiger partial charge is 0.392 e. The molecule has 3 rings (SSSR count). The highest BCUT2D eigenvalue weighted by atomic mass is 16.5. The number of fused-ring (bicyclic) bond motifs is 1. The SMILES string of the molecule is COCCC(=O)NC1CCC2(C)CCC(C(C)C(=O)N3CCCC3)C(O)C2C1C. The average molecular weight is 409 g/mol. The van der Waals surface area contributed by atoms with E-state index in [2.05, 4.69) is 19.2 Å². The molecule has 0 spiro atoms. The second-order valence-electron chi connectivity index (χ2n) is 10.0. The highest BCUT2D eigenvalue weighted by Gasteiger charge is 2.54. The number of nitrogens with one attached hydrogen (secondary N) is 1. The van der Waals surface area contributed by atoms with Gasteiger partial charge in [-0.2, -0.15) is 0 Å². The molecule has 0 radical (unpaired) electrons. The first-order valence-electron chi connectivity index (χ1n) is 11.5. The molecule has 3 aliphatic rings.